The fourth-order valence-electron chi connectivity index (χ4n) is 1.84. The minimum atomic E-state index is 0.417. The molecule has 0 aliphatic heterocycles. The van der Waals surface area contributed by atoms with Gasteiger partial charge in [0.1, 0.15) is 0 Å². The maximum Gasteiger partial charge on any atom is 0.250 e. The van der Waals surface area contributed by atoms with Crippen LogP contribution in [0.1, 0.15) is 42.3 Å². The number of hydrogen-bond donors (Lipinski definition) is 0. The number of hydrogen-bond acceptors (Lipinski definition) is 3. The fourth-order valence-corrected chi connectivity index (χ4v) is 1.84. The van der Waals surface area contributed by atoms with E-state index in [0.717, 1.165) is 17.0 Å². The third kappa shape index (κ3) is 2.07. The summed E-state index contributed by atoms with van der Waals surface area (Å²) in [6, 6.07) is 0. The highest BCUT2D eigenvalue weighted by atomic mass is 15.4. The van der Waals surface area contributed by atoms with E-state index in [0.29, 0.717) is 11.9 Å². The standard InChI is InChI=1S/C13H18N4/c1-8(2)12-10(4)11(5)17(16-12)13-14-6-9(3)7-15-13/h6-8H,1-5H3. The van der Waals surface area contributed by atoms with Gasteiger partial charge in [-0.1, -0.05) is 13.8 Å². The van der Waals surface area contributed by atoms with E-state index < -0.39 is 0 Å². The number of aromatic nitrogens is 4. The van der Waals surface area contributed by atoms with Crippen molar-refractivity contribution in [1.82, 2.24) is 19.7 Å². The van der Waals surface area contributed by atoms with E-state index in [9.17, 15) is 0 Å². The largest absolute Gasteiger partial charge is 0.250 e. The lowest BCUT2D eigenvalue weighted by atomic mass is 10.1. The summed E-state index contributed by atoms with van der Waals surface area (Å²) in [6.07, 6.45) is 3.63. The van der Waals surface area contributed by atoms with E-state index in [2.05, 4.69) is 42.8 Å². The molecule has 4 heteroatoms. The first kappa shape index (κ1) is 11.8. The zero-order valence-corrected chi connectivity index (χ0v) is 11.0. The van der Waals surface area contributed by atoms with Crippen LogP contribution in [0.3, 0.4) is 0 Å². The third-order valence-corrected chi connectivity index (χ3v) is 2.96. The summed E-state index contributed by atoms with van der Waals surface area (Å²) in [7, 11) is 0. The Morgan fingerprint density at radius 2 is 1.65 bits per heavy atom. The lowest BCUT2D eigenvalue weighted by molar-refractivity contribution is 0.730. The molecule has 17 heavy (non-hydrogen) atoms. The molecule has 0 aliphatic rings. The second kappa shape index (κ2) is 4.28. The quantitative estimate of drug-likeness (QED) is 0.796. The highest BCUT2D eigenvalue weighted by molar-refractivity contribution is 5.30. The molecule has 0 aliphatic carbocycles. The van der Waals surface area contributed by atoms with Crippen LogP contribution in [-0.4, -0.2) is 19.7 Å². The number of aryl methyl sites for hydroxylation is 1. The third-order valence-electron chi connectivity index (χ3n) is 2.96. The van der Waals surface area contributed by atoms with Crippen molar-refractivity contribution in [1.29, 1.82) is 0 Å². The Hall–Kier alpha value is -1.71. The molecule has 0 saturated carbocycles. The molecule has 0 fully saturated rings. The van der Waals surface area contributed by atoms with Crippen molar-refractivity contribution in [3.05, 3.63) is 34.9 Å². The lowest BCUT2D eigenvalue weighted by Crippen LogP contribution is -2.05. The van der Waals surface area contributed by atoms with E-state index in [-0.39, 0.29) is 0 Å². The van der Waals surface area contributed by atoms with Crippen LogP contribution in [0.2, 0.25) is 0 Å². The predicted molar refractivity (Wildman–Crippen MR) is 67.5 cm³/mol. The Morgan fingerprint density at radius 1 is 1.06 bits per heavy atom. The van der Waals surface area contributed by atoms with Gasteiger partial charge in [-0.3, -0.25) is 0 Å². The SMILES string of the molecule is Cc1cnc(-n2nc(C(C)C)c(C)c2C)nc1. The summed E-state index contributed by atoms with van der Waals surface area (Å²) in [5.74, 6) is 1.06. The predicted octanol–water partition coefficient (Wildman–Crippen LogP) is 2.71. The molecule has 0 spiro atoms. The molecule has 2 heterocycles. The molecule has 0 radical (unpaired) electrons. The molecular formula is C13H18N4. The lowest BCUT2D eigenvalue weighted by Gasteiger charge is -2.02. The molecule has 4 nitrogen and oxygen atoms in total. The van der Waals surface area contributed by atoms with Crippen LogP contribution in [0.4, 0.5) is 0 Å². The molecule has 2 rings (SSSR count). The summed E-state index contributed by atoms with van der Waals surface area (Å²) >= 11 is 0. The second-order valence-electron chi connectivity index (χ2n) is 4.72. The molecule has 2 aromatic heterocycles. The van der Waals surface area contributed by atoms with Crippen LogP contribution in [0.25, 0.3) is 5.95 Å². The van der Waals surface area contributed by atoms with Crippen molar-refractivity contribution >= 4 is 0 Å². The zero-order valence-electron chi connectivity index (χ0n) is 11.0. The Bertz CT molecular complexity index is 523. The van der Waals surface area contributed by atoms with Crippen LogP contribution < -0.4 is 0 Å². The summed E-state index contributed by atoms with van der Waals surface area (Å²) in [4.78, 5) is 8.62. The monoisotopic (exact) mass is 230 g/mol. The van der Waals surface area contributed by atoms with Gasteiger partial charge in [-0.25, -0.2) is 14.6 Å². The van der Waals surface area contributed by atoms with E-state index >= 15 is 0 Å². The van der Waals surface area contributed by atoms with Gasteiger partial charge in [0.05, 0.1) is 5.69 Å². The minimum Gasteiger partial charge on any atom is -0.219 e. The van der Waals surface area contributed by atoms with Gasteiger partial charge < -0.3 is 0 Å². The maximum absolute atomic E-state index is 4.60. The van der Waals surface area contributed by atoms with Gasteiger partial charge in [0.25, 0.3) is 5.95 Å². The minimum absolute atomic E-state index is 0.417. The summed E-state index contributed by atoms with van der Waals surface area (Å²) in [5, 5.41) is 4.60. The smallest absolute Gasteiger partial charge is 0.219 e. The van der Waals surface area contributed by atoms with Gasteiger partial charge in [-0.2, -0.15) is 5.10 Å². The molecule has 0 saturated heterocycles. The molecule has 0 aromatic carbocycles. The first-order chi connectivity index (χ1) is 8.00. The molecular weight excluding hydrogens is 212 g/mol. The van der Waals surface area contributed by atoms with Crippen LogP contribution in [0.5, 0.6) is 0 Å². The van der Waals surface area contributed by atoms with Gasteiger partial charge in [-0.05, 0) is 37.8 Å². The average Bonchev–Trinajstić information content (AvgIpc) is 2.58. The molecule has 0 unspecified atom stereocenters. The van der Waals surface area contributed by atoms with Crippen LogP contribution in [0, 0.1) is 20.8 Å². The molecule has 0 N–H and O–H groups in total. The Labute approximate surface area is 102 Å². The Balaban J connectivity index is 2.53. The van der Waals surface area contributed by atoms with Gasteiger partial charge >= 0.3 is 0 Å². The van der Waals surface area contributed by atoms with Crippen LogP contribution in [0.15, 0.2) is 12.4 Å². The van der Waals surface area contributed by atoms with E-state index in [4.69, 9.17) is 0 Å². The first-order valence-corrected chi connectivity index (χ1v) is 5.86. The van der Waals surface area contributed by atoms with Crippen molar-refractivity contribution in [3.8, 4) is 5.95 Å². The first-order valence-electron chi connectivity index (χ1n) is 5.86. The van der Waals surface area contributed by atoms with E-state index in [1.165, 1.54) is 5.56 Å². The maximum atomic E-state index is 4.60. The van der Waals surface area contributed by atoms with Gasteiger partial charge in [0, 0.05) is 18.1 Å². The van der Waals surface area contributed by atoms with Crippen molar-refractivity contribution < 1.29 is 0 Å². The Kier molecular flexibility index (Phi) is 2.96. The molecule has 90 valence electrons. The van der Waals surface area contributed by atoms with E-state index in [1.54, 1.807) is 0 Å². The average molecular weight is 230 g/mol. The van der Waals surface area contributed by atoms with Crippen molar-refractivity contribution in [3.63, 3.8) is 0 Å². The summed E-state index contributed by atoms with van der Waals surface area (Å²) < 4.78 is 1.82. The van der Waals surface area contributed by atoms with E-state index in [1.807, 2.05) is 24.0 Å². The van der Waals surface area contributed by atoms with Gasteiger partial charge in [0.2, 0.25) is 0 Å². The highest BCUT2D eigenvalue weighted by Gasteiger charge is 2.15. The topological polar surface area (TPSA) is 43.6 Å². The fraction of sp³-hybridized carbons (Fsp3) is 0.462. The highest BCUT2D eigenvalue weighted by Crippen LogP contribution is 2.21. The number of nitrogens with zero attached hydrogens (tertiary/aromatic N) is 4. The van der Waals surface area contributed by atoms with Crippen LogP contribution >= 0.6 is 0 Å². The molecule has 0 amide bonds. The molecule has 2 aromatic rings. The summed E-state index contributed by atoms with van der Waals surface area (Å²) in [6.45, 7) is 10.4. The van der Waals surface area contributed by atoms with Gasteiger partial charge in [0.15, 0.2) is 0 Å². The normalized spacial score (nSPS) is 11.2. The van der Waals surface area contributed by atoms with Crippen molar-refractivity contribution in [2.75, 3.05) is 0 Å². The summed E-state index contributed by atoms with van der Waals surface area (Å²) in [5.41, 5.74) is 4.51. The second-order valence-corrected chi connectivity index (χ2v) is 4.72. The zero-order chi connectivity index (χ0) is 12.6. The Morgan fingerprint density at radius 3 is 2.12 bits per heavy atom. The number of rotatable bonds is 2. The molecule has 0 bridgehead atoms. The van der Waals surface area contributed by atoms with Gasteiger partial charge in [-0.15, -0.1) is 0 Å². The van der Waals surface area contributed by atoms with Crippen molar-refractivity contribution in [2.45, 2.75) is 40.5 Å². The molecule has 0 atom stereocenters. The van der Waals surface area contributed by atoms with Crippen LogP contribution in [-0.2, 0) is 0 Å². The van der Waals surface area contributed by atoms with Crippen molar-refractivity contribution in [2.24, 2.45) is 0 Å².